The summed E-state index contributed by atoms with van der Waals surface area (Å²) in [4.78, 5) is 3.82. The second-order valence-electron chi connectivity index (χ2n) is 5.27. The fourth-order valence-electron chi connectivity index (χ4n) is 2.44. The average molecular weight is 391 g/mol. The van der Waals surface area contributed by atoms with Gasteiger partial charge in [-0.2, -0.15) is 4.31 Å². The minimum Gasteiger partial charge on any atom is -0.487 e. The predicted octanol–water partition coefficient (Wildman–Crippen LogP) is 3.37. The van der Waals surface area contributed by atoms with Crippen molar-refractivity contribution in [2.75, 3.05) is 13.1 Å². The number of halogens is 3. The summed E-state index contributed by atoms with van der Waals surface area (Å²) in [7, 11) is -3.76. The van der Waals surface area contributed by atoms with Gasteiger partial charge in [0.2, 0.25) is 10.0 Å². The highest BCUT2D eigenvalue weighted by atomic mass is 35.5. The Kier molecular flexibility index (Phi) is 4.96. The van der Waals surface area contributed by atoms with Crippen molar-refractivity contribution in [3.8, 4) is 5.75 Å². The van der Waals surface area contributed by atoms with E-state index in [4.69, 9.17) is 27.9 Å². The molecule has 0 N–H and O–H groups in total. The van der Waals surface area contributed by atoms with Crippen LogP contribution in [0.25, 0.3) is 0 Å². The molecule has 2 aromatic rings. The molecule has 1 aromatic heterocycles. The second kappa shape index (κ2) is 6.84. The van der Waals surface area contributed by atoms with Gasteiger partial charge < -0.3 is 4.74 Å². The molecule has 5 nitrogen and oxygen atoms in total. The molecule has 0 amide bonds. The van der Waals surface area contributed by atoms with E-state index >= 15 is 0 Å². The van der Waals surface area contributed by atoms with E-state index in [0.717, 1.165) is 12.1 Å². The Morgan fingerprint density at radius 2 is 2.04 bits per heavy atom. The molecule has 0 bridgehead atoms. The molecule has 1 saturated heterocycles. The maximum absolute atomic E-state index is 13.2. The minimum absolute atomic E-state index is 0.0449. The molecule has 1 unspecified atom stereocenters. The van der Waals surface area contributed by atoms with Crippen LogP contribution in [0, 0.1) is 5.82 Å². The first-order valence-electron chi connectivity index (χ1n) is 7.09. The predicted molar refractivity (Wildman–Crippen MR) is 88.4 cm³/mol. The number of sulfonamides is 1. The number of rotatable bonds is 4. The molecule has 9 heteroatoms. The lowest BCUT2D eigenvalue weighted by molar-refractivity contribution is 0.215. The van der Waals surface area contributed by atoms with Crippen molar-refractivity contribution >= 4 is 33.2 Å². The number of benzene rings is 1. The van der Waals surface area contributed by atoms with Crippen LogP contribution >= 0.6 is 23.2 Å². The molecule has 24 heavy (non-hydrogen) atoms. The smallest absolute Gasteiger partial charge is 0.243 e. The van der Waals surface area contributed by atoms with E-state index in [2.05, 4.69) is 4.98 Å². The molecule has 1 atom stereocenters. The summed E-state index contributed by atoms with van der Waals surface area (Å²) in [6.45, 7) is 0.473. The third kappa shape index (κ3) is 3.49. The van der Waals surface area contributed by atoms with Crippen molar-refractivity contribution in [1.29, 1.82) is 0 Å². The van der Waals surface area contributed by atoms with Crippen LogP contribution in [-0.4, -0.2) is 36.9 Å². The topological polar surface area (TPSA) is 59.5 Å². The molecule has 2 heterocycles. The molecule has 0 saturated carbocycles. The summed E-state index contributed by atoms with van der Waals surface area (Å²) in [6, 6.07) is 4.97. The number of aromatic nitrogens is 1. The van der Waals surface area contributed by atoms with Gasteiger partial charge in [0, 0.05) is 25.0 Å². The quantitative estimate of drug-likeness (QED) is 0.802. The molecule has 128 valence electrons. The highest BCUT2D eigenvalue weighted by molar-refractivity contribution is 7.89. The van der Waals surface area contributed by atoms with Gasteiger partial charge >= 0.3 is 0 Å². The summed E-state index contributed by atoms with van der Waals surface area (Å²) in [5, 5.41) is 0.135. The lowest BCUT2D eigenvalue weighted by Crippen LogP contribution is -2.31. The summed E-state index contributed by atoms with van der Waals surface area (Å²) in [6.07, 6.45) is 3.20. The SMILES string of the molecule is O=S(=O)(c1ccc(F)c(Cl)c1)N1CCC(Oc2ccncc2Cl)C1. The lowest BCUT2D eigenvalue weighted by atomic mass is 10.3. The summed E-state index contributed by atoms with van der Waals surface area (Å²) in [5.74, 6) is -0.202. The molecule has 0 aliphatic carbocycles. The molecule has 1 aliphatic rings. The van der Waals surface area contributed by atoms with Crippen molar-refractivity contribution in [2.24, 2.45) is 0 Å². The Balaban J connectivity index is 1.74. The molecule has 0 spiro atoms. The van der Waals surface area contributed by atoms with Gasteiger partial charge in [0.1, 0.15) is 22.7 Å². The van der Waals surface area contributed by atoms with E-state index in [-0.39, 0.29) is 22.6 Å². The van der Waals surface area contributed by atoms with Crippen LogP contribution < -0.4 is 4.74 Å². The minimum atomic E-state index is -3.76. The van der Waals surface area contributed by atoms with E-state index < -0.39 is 15.8 Å². The third-order valence-electron chi connectivity index (χ3n) is 3.67. The number of ether oxygens (including phenoxy) is 1. The molecule has 1 aromatic carbocycles. The third-order valence-corrected chi connectivity index (χ3v) is 6.10. The zero-order valence-electron chi connectivity index (χ0n) is 12.3. The zero-order chi connectivity index (χ0) is 17.3. The maximum atomic E-state index is 13.2. The fourth-order valence-corrected chi connectivity index (χ4v) is 4.36. The maximum Gasteiger partial charge on any atom is 0.243 e. The first-order chi connectivity index (χ1) is 11.4. The first-order valence-corrected chi connectivity index (χ1v) is 9.29. The molecular formula is C15H13Cl2FN2O3S. The average Bonchev–Trinajstić information content (AvgIpc) is 3.01. The fraction of sp³-hybridized carbons (Fsp3) is 0.267. The molecule has 1 aliphatic heterocycles. The van der Waals surface area contributed by atoms with E-state index in [0.29, 0.717) is 23.7 Å². The van der Waals surface area contributed by atoms with Crippen LogP contribution in [0.15, 0.2) is 41.6 Å². The number of pyridine rings is 1. The Morgan fingerprint density at radius 3 is 2.75 bits per heavy atom. The Hall–Kier alpha value is -1.41. The van der Waals surface area contributed by atoms with Gasteiger partial charge in [0.05, 0.1) is 16.5 Å². The van der Waals surface area contributed by atoms with Gasteiger partial charge in [-0.15, -0.1) is 0 Å². The Bertz CT molecular complexity index is 864. The van der Waals surface area contributed by atoms with Gasteiger partial charge in [-0.05, 0) is 24.6 Å². The Morgan fingerprint density at radius 1 is 1.25 bits per heavy atom. The van der Waals surface area contributed by atoms with Gasteiger partial charge in [0.15, 0.2) is 0 Å². The van der Waals surface area contributed by atoms with Crippen LogP contribution in [-0.2, 0) is 10.0 Å². The van der Waals surface area contributed by atoms with Gasteiger partial charge in [-0.3, -0.25) is 4.98 Å². The van der Waals surface area contributed by atoms with E-state index in [9.17, 15) is 12.8 Å². The van der Waals surface area contributed by atoms with Crippen LogP contribution in [0.2, 0.25) is 10.0 Å². The van der Waals surface area contributed by atoms with E-state index in [1.165, 1.54) is 16.6 Å². The van der Waals surface area contributed by atoms with Gasteiger partial charge in [-0.1, -0.05) is 23.2 Å². The van der Waals surface area contributed by atoms with E-state index in [1.54, 1.807) is 12.3 Å². The van der Waals surface area contributed by atoms with Crippen molar-refractivity contribution in [3.63, 3.8) is 0 Å². The van der Waals surface area contributed by atoms with Crippen molar-refractivity contribution < 1.29 is 17.5 Å². The van der Waals surface area contributed by atoms with E-state index in [1.807, 2.05) is 0 Å². The van der Waals surface area contributed by atoms with Crippen molar-refractivity contribution in [1.82, 2.24) is 9.29 Å². The summed E-state index contributed by atoms with van der Waals surface area (Å²) in [5.41, 5.74) is 0. The number of nitrogens with zero attached hydrogens (tertiary/aromatic N) is 2. The summed E-state index contributed by atoms with van der Waals surface area (Å²) < 4.78 is 45.5. The van der Waals surface area contributed by atoms with Gasteiger partial charge in [0.25, 0.3) is 0 Å². The van der Waals surface area contributed by atoms with Crippen LogP contribution in [0.3, 0.4) is 0 Å². The molecule has 0 radical (unpaired) electrons. The highest BCUT2D eigenvalue weighted by Gasteiger charge is 2.34. The van der Waals surface area contributed by atoms with Gasteiger partial charge in [-0.25, -0.2) is 12.8 Å². The van der Waals surface area contributed by atoms with Crippen LogP contribution in [0.5, 0.6) is 5.75 Å². The normalized spacial score (nSPS) is 18.7. The van der Waals surface area contributed by atoms with Crippen LogP contribution in [0.1, 0.15) is 6.42 Å². The zero-order valence-corrected chi connectivity index (χ0v) is 14.7. The monoisotopic (exact) mass is 390 g/mol. The lowest BCUT2D eigenvalue weighted by Gasteiger charge is -2.18. The first kappa shape index (κ1) is 17.4. The Labute approximate surface area is 149 Å². The second-order valence-corrected chi connectivity index (χ2v) is 8.03. The molecule has 1 fully saturated rings. The number of hydrogen-bond donors (Lipinski definition) is 0. The molecule has 3 rings (SSSR count). The highest BCUT2D eigenvalue weighted by Crippen LogP contribution is 2.29. The van der Waals surface area contributed by atoms with Crippen LogP contribution in [0.4, 0.5) is 4.39 Å². The number of hydrogen-bond acceptors (Lipinski definition) is 4. The standard InChI is InChI=1S/C15H13Cl2FN2O3S/c16-12-7-11(1-2-14(12)18)24(21,22)20-6-4-10(9-20)23-15-3-5-19-8-13(15)17/h1-3,5,7-8,10H,4,6,9H2. The van der Waals surface area contributed by atoms with Crippen molar-refractivity contribution in [2.45, 2.75) is 17.4 Å². The largest absolute Gasteiger partial charge is 0.487 e. The summed E-state index contributed by atoms with van der Waals surface area (Å²) >= 11 is 11.7. The molecular weight excluding hydrogens is 378 g/mol. The van der Waals surface area contributed by atoms with Crippen molar-refractivity contribution in [3.05, 3.63) is 52.5 Å².